The van der Waals surface area contributed by atoms with Gasteiger partial charge in [0.05, 0.1) is 68.0 Å². The lowest BCUT2D eigenvalue weighted by molar-refractivity contribution is -0.107. The van der Waals surface area contributed by atoms with Gasteiger partial charge in [0, 0.05) is 88.7 Å². The van der Waals surface area contributed by atoms with E-state index in [1.807, 2.05) is 30.0 Å². The van der Waals surface area contributed by atoms with Crippen molar-refractivity contribution < 1.29 is 42.2 Å². The van der Waals surface area contributed by atoms with Crippen LogP contribution in [0.5, 0.6) is 0 Å². The van der Waals surface area contributed by atoms with E-state index in [0.29, 0.717) is 39.4 Å². The summed E-state index contributed by atoms with van der Waals surface area (Å²) in [6.07, 6.45) is 27.1. The number of hydrogen-bond acceptors (Lipinski definition) is 15. The fourth-order valence-corrected chi connectivity index (χ4v) is 14.8. The van der Waals surface area contributed by atoms with Gasteiger partial charge < -0.3 is 47.9 Å². The number of fused-ring (bicyclic) bond motifs is 6. The van der Waals surface area contributed by atoms with Crippen molar-refractivity contribution in [2.75, 3.05) is 79.7 Å². The van der Waals surface area contributed by atoms with Crippen molar-refractivity contribution in [3.8, 4) is 0 Å². The molecule has 7 aliphatic rings. The van der Waals surface area contributed by atoms with E-state index in [1.165, 1.54) is 21.0 Å². The van der Waals surface area contributed by atoms with Crippen molar-refractivity contribution in [1.29, 1.82) is 0 Å². The van der Waals surface area contributed by atoms with Crippen molar-refractivity contribution in [3.05, 3.63) is 225 Å². The summed E-state index contributed by atoms with van der Waals surface area (Å²) in [6, 6.07) is 33.2. The van der Waals surface area contributed by atoms with Crippen LogP contribution in [0.4, 0.5) is 14.4 Å². The predicted octanol–water partition coefficient (Wildman–Crippen LogP) is 8.16. The van der Waals surface area contributed by atoms with Gasteiger partial charge in [0.1, 0.15) is 48.2 Å². The van der Waals surface area contributed by atoms with Crippen LogP contribution in [0.15, 0.2) is 220 Å². The summed E-state index contributed by atoms with van der Waals surface area (Å²) in [4.78, 5) is 54.9. The van der Waals surface area contributed by atoms with Gasteiger partial charge >= 0.3 is 18.1 Å². The molecule has 22 heteroatoms. The zero-order valence-electron chi connectivity index (χ0n) is 48.3. The molecule has 4 aromatic heterocycles. The molecule has 7 aliphatic heterocycles. The number of nitrogens with zero attached hydrogens (tertiary/aromatic N) is 10. The van der Waals surface area contributed by atoms with Gasteiger partial charge in [0.15, 0.2) is 0 Å². The summed E-state index contributed by atoms with van der Waals surface area (Å²) in [6.45, 7) is 15.9. The van der Waals surface area contributed by atoms with Crippen LogP contribution in [-0.4, -0.2) is 172 Å². The van der Waals surface area contributed by atoms with Crippen molar-refractivity contribution in [2.45, 2.75) is 31.1 Å². The number of amides is 6. The number of carbonyl (C=O) groups is 3. The molecule has 7 aromatic rings. The Hall–Kier alpha value is -9.24. The molecule has 3 saturated heterocycles. The summed E-state index contributed by atoms with van der Waals surface area (Å²) >= 11 is 0. The molecule has 0 radical (unpaired) electrons. The SMILES string of the molecule is C/C=C/[P+](c1ccccc1)(c1ccccc1)c1ccccc1.C=CCON1C(=O)N2CC(c3cnoc3)=CC1C2.C=CCONC1C=C(c2cnoc2)CNC1.CN1C(=O)N2CC(c3cnoc3)=CC1C2.CN1C(=O)N2CC(c3cnoc3)=CC1C2. The van der Waals surface area contributed by atoms with E-state index in [4.69, 9.17) is 27.8 Å². The maximum atomic E-state index is 12.0. The molecule has 4 unspecified atom stereocenters. The summed E-state index contributed by atoms with van der Waals surface area (Å²) < 4.78 is 19.3. The normalized spacial score (nSPS) is 20.1. The molecule has 6 amide bonds. The molecule has 444 valence electrons. The third kappa shape index (κ3) is 13.8. The van der Waals surface area contributed by atoms with Gasteiger partial charge in [-0.2, -0.15) is 10.5 Å². The lowest BCUT2D eigenvalue weighted by Crippen LogP contribution is -2.41. The summed E-state index contributed by atoms with van der Waals surface area (Å²) in [5, 5.41) is 23.6. The first-order valence-electron chi connectivity index (χ1n) is 28.2. The Morgan fingerprint density at radius 2 is 0.977 bits per heavy atom. The maximum absolute atomic E-state index is 12.0. The summed E-state index contributed by atoms with van der Waals surface area (Å²) in [7, 11) is 1.93. The number of hydrogen-bond donors (Lipinski definition) is 2. The third-order valence-electron chi connectivity index (χ3n) is 15.3. The minimum absolute atomic E-state index is 0.0592. The molecule has 2 N–H and O–H groups in total. The molecule has 3 aromatic carbocycles. The zero-order chi connectivity index (χ0) is 59.8. The van der Waals surface area contributed by atoms with Gasteiger partial charge in [-0.3, -0.25) is 9.68 Å². The molecule has 3 fully saturated rings. The van der Waals surface area contributed by atoms with E-state index in [-0.39, 0.29) is 42.3 Å². The Balaban J connectivity index is 0.000000120. The van der Waals surface area contributed by atoms with E-state index in [2.05, 4.69) is 173 Å². The Bertz CT molecular complexity index is 3320. The highest BCUT2D eigenvalue weighted by molar-refractivity contribution is 7.98. The molecule has 0 spiro atoms. The quantitative estimate of drug-likeness (QED) is 0.0428. The molecular formula is C64H70N12O9P+. The fraction of sp³-hybridized carbons (Fsp3) is 0.266. The number of hydroxylamine groups is 3. The average molecular weight is 1180 g/mol. The van der Waals surface area contributed by atoms with Crippen LogP contribution < -0.4 is 26.7 Å². The smallest absolute Gasteiger partial charge is 0.344 e. The number of aromatic nitrogens is 4. The van der Waals surface area contributed by atoms with E-state index in [1.54, 1.807) is 76.7 Å². The maximum Gasteiger partial charge on any atom is 0.344 e. The molecule has 0 saturated carbocycles. The number of urea groups is 3. The Labute approximate surface area is 500 Å². The molecule has 14 rings (SSSR count). The average Bonchev–Trinajstić information content (AvgIpc) is 1.91. The van der Waals surface area contributed by atoms with Crippen LogP contribution in [0.2, 0.25) is 0 Å². The second-order valence-electron chi connectivity index (χ2n) is 20.9. The van der Waals surface area contributed by atoms with E-state index in [9.17, 15) is 14.4 Å². The van der Waals surface area contributed by atoms with Crippen LogP contribution in [-0.2, 0) is 9.68 Å². The van der Waals surface area contributed by atoms with Crippen LogP contribution in [0, 0.1) is 0 Å². The number of carbonyl (C=O) groups excluding carboxylic acids is 3. The van der Waals surface area contributed by atoms with Gasteiger partial charge in [-0.05, 0) is 65.6 Å². The molecule has 11 heterocycles. The number of benzene rings is 3. The van der Waals surface area contributed by atoms with Crippen molar-refractivity contribution in [3.63, 3.8) is 0 Å². The standard InChI is InChI=1S/C21H20P.C12H13N3O3.C11H15N3O2.2C10H11N3O2/c1-2-18-22(19-12-6-3-7-13-19,20-14-8-4-9-15-20)21-16-10-5-11-17-21;1-2-3-18-15-11-4-9(10-5-13-17-8-10)6-14(7-11)12(15)16;1-2-3-15-14-11-4-9(5-12-7-11)10-6-13-16-8-10;2*1-12-9-2-7(8-3-11-15-6-8)4-13(5-9)10(12)14/h2-18H,1H3;2,4-5,8,11H,1,3,6-7H2;2,4,6,8,11-12,14H,1,3,5,7H2;2*2-3,6,9H,4-5H2,1H3/q+1;;;;/b18-2+;;;;. The van der Waals surface area contributed by atoms with Gasteiger partial charge in [-0.25, -0.2) is 14.4 Å². The Morgan fingerprint density at radius 1 is 0.570 bits per heavy atom. The van der Waals surface area contributed by atoms with Crippen LogP contribution in [0.3, 0.4) is 0 Å². The first kappa shape index (κ1) is 59.9. The molecule has 6 bridgehead atoms. The zero-order valence-corrected chi connectivity index (χ0v) is 49.2. The third-order valence-corrected chi connectivity index (χ3v) is 19.4. The Morgan fingerprint density at radius 3 is 1.37 bits per heavy atom. The molecule has 4 atom stereocenters. The van der Waals surface area contributed by atoms with E-state index in [0.717, 1.165) is 70.7 Å². The number of allylic oxidation sites excluding steroid dienone is 1. The largest absolute Gasteiger partial charge is 0.364 e. The second kappa shape index (κ2) is 28.6. The van der Waals surface area contributed by atoms with Gasteiger partial charge in [-0.15, -0.1) is 13.2 Å². The highest BCUT2D eigenvalue weighted by Gasteiger charge is 2.44. The molecular weight excluding hydrogens is 1110 g/mol. The summed E-state index contributed by atoms with van der Waals surface area (Å²) in [5.74, 6) is 2.41. The highest BCUT2D eigenvalue weighted by atomic mass is 31.2. The fourth-order valence-electron chi connectivity index (χ4n) is 11.0. The van der Waals surface area contributed by atoms with E-state index < -0.39 is 7.26 Å². The van der Waals surface area contributed by atoms with Crippen LogP contribution >= 0.6 is 7.26 Å². The van der Waals surface area contributed by atoms with E-state index >= 15 is 0 Å². The first-order valence-corrected chi connectivity index (χ1v) is 30.1. The molecule has 86 heavy (non-hydrogen) atoms. The number of likely N-dealkylation sites (N-methyl/N-ethyl adjacent to an activating group) is 2. The predicted molar refractivity (Wildman–Crippen MR) is 330 cm³/mol. The van der Waals surface area contributed by atoms with Gasteiger partial charge in [0.25, 0.3) is 0 Å². The van der Waals surface area contributed by atoms with Crippen molar-refractivity contribution in [1.82, 2.24) is 61.0 Å². The van der Waals surface area contributed by atoms with Gasteiger partial charge in [-0.1, -0.05) is 118 Å². The number of nitrogens with one attached hydrogen (secondary N) is 2. The molecule has 21 nitrogen and oxygen atoms in total. The lowest BCUT2D eigenvalue weighted by atomic mass is 10.0. The first-order chi connectivity index (χ1) is 42.1. The summed E-state index contributed by atoms with van der Waals surface area (Å²) in [5.41, 5.74) is 11.2. The number of rotatable bonds is 15. The second-order valence-corrected chi connectivity index (χ2v) is 24.2. The minimum Gasteiger partial charge on any atom is -0.364 e. The van der Waals surface area contributed by atoms with Gasteiger partial charge in [0.2, 0.25) is 0 Å². The van der Waals surface area contributed by atoms with Crippen molar-refractivity contribution in [2.24, 2.45) is 0 Å². The van der Waals surface area contributed by atoms with Crippen LogP contribution in [0.25, 0.3) is 22.3 Å². The highest BCUT2D eigenvalue weighted by Crippen LogP contribution is 2.56. The monoisotopic (exact) mass is 1180 g/mol. The Kier molecular flexibility index (Phi) is 19.9. The minimum atomic E-state index is -1.73. The lowest BCUT2D eigenvalue weighted by Gasteiger charge is -2.23. The van der Waals surface area contributed by atoms with Crippen molar-refractivity contribution >= 4 is 63.6 Å². The molecule has 0 aliphatic carbocycles. The van der Waals surface area contributed by atoms with Crippen LogP contribution in [0.1, 0.15) is 29.2 Å². The topological polar surface area (TPSA) is 217 Å².